The number of alkyl halides is 3. The number of rotatable bonds is 3. The molecular formula is C10H14F3N. The van der Waals surface area contributed by atoms with Crippen LogP contribution in [0.5, 0.6) is 0 Å². The molecule has 0 radical (unpaired) electrons. The molecular weight excluding hydrogens is 191 g/mol. The van der Waals surface area contributed by atoms with Crippen molar-refractivity contribution in [3.05, 3.63) is 12.2 Å². The summed E-state index contributed by atoms with van der Waals surface area (Å²) < 4.78 is 36.8. The minimum Gasteiger partial charge on any atom is -0.277 e. The molecule has 0 aromatic rings. The van der Waals surface area contributed by atoms with Crippen LogP contribution in [0.4, 0.5) is 13.2 Å². The highest BCUT2D eigenvalue weighted by molar-refractivity contribution is 6.00. The Morgan fingerprint density at radius 3 is 2.79 bits per heavy atom. The number of hydrogen-bond acceptors (Lipinski definition) is 1. The van der Waals surface area contributed by atoms with Gasteiger partial charge in [-0.05, 0) is 18.9 Å². The maximum absolute atomic E-state index is 12.3. The molecule has 1 nitrogen and oxygen atoms in total. The fraction of sp³-hybridized carbons (Fsp3) is 0.700. The first-order chi connectivity index (χ1) is 6.54. The van der Waals surface area contributed by atoms with E-state index >= 15 is 0 Å². The van der Waals surface area contributed by atoms with E-state index in [1.165, 1.54) is 0 Å². The highest BCUT2D eigenvalue weighted by Gasteiger charge is 2.35. The largest absolute Gasteiger partial charge is 0.432 e. The Hall–Kier alpha value is -0.800. The second-order valence-electron chi connectivity index (χ2n) is 3.45. The smallest absolute Gasteiger partial charge is 0.277 e. The molecule has 80 valence electrons. The van der Waals surface area contributed by atoms with Gasteiger partial charge in [-0.25, -0.2) is 0 Å². The quantitative estimate of drug-likeness (QED) is 0.668. The zero-order valence-corrected chi connectivity index (χ0v) is 8.14. The fourth-order valence-corrected chi connectivity index (χ4v) is 1.42. The number of unbranched alkanes of at least 4 members (excludes halogenated alkanes) is 1. The Balaban J connectivity index is 2.59. The summed E-state index contributed by atoms with van der Waals surface area (Å²) >= 11 is 0. The normalized spacial score (nSPS) is 22.3. The Kier molecular flexibility index (Phi) is 3.72. The molecule has 14 heavy (non-hydrogen) atoms. The van der Waals surface area contributed by atoms with Gasteiger partial charge in [-0.1, -0.05) is 25.8 Å². The van der Waals surface area contributed by atoms with Crippen molar-refractivity contribution in [3.8, 4) is 0 Å². The monoisotopic (exact) mass is 205 g/mol. The number of halogens is 3. The van der Waals surface area contributed by atoms with Gasteiger partial charge < -0.3 is 0 Å². The third kappa shape index (κ3) is 3.16. The van der Waals surface area contributed by atoms with Gasteiger partial charge in [0.15, 0.2) is 0 Å². The lowest BCUT2D eigenvalue weighted by Crippen LogP contribution is -2.25. The van der Waals surface area contributed by atoms with Crippen LogP contribution in [-0.2, 0) is 0 Å². The number of aliphatic imine (C=N–C) groups is 1. The van der Waals surface area contributed by atoms with Gasteiger partial charge >= 0.3 is 6.18 Å². The molecule has 0 amide bonds. The summed E-state index contributed by atoms with van der Waals surface area (Å²) in [7, 11) is 0. The Morgan fingerprint density at radius 1 is 1.50 bits per heavy atom. The molecule has 0 fully saturated rings. The lowest BCUT2D eigenvalue weighted by molar-refractivity contribution is -0.0582. The molecule has 0 aromatic heterocycles. The molecule has 4 heteroatoms. The van der Waals surface area contributed by atoms with E-state index < -0.39 is 11.9 Å². The number of dihydropyridines is 1. The molecule has 0 N–H and O–H groups in total. The van der Waals surface area contributed by atoms with E-state index in [2.05, 4.69) is 4.99 Å². The predicted octanol–water partition coefficient (Wildman–Crippen LogP) is 3.51. The summed E-state index contributed by atoms with van der Waals surface area (Å²) in [6.07, 6.45) is 1.67. The zero-order valence-electron chi connectivity index (χ0n) is 8.14. The molecule has 0 aromatic carbocycles. The van der Waals surface area contributed by atoms with Crippen LogP contribution in [0.2, 0.25) is 0 Å². The first-order valence-electron chi connectivity index (χ1n) is 4.85. The van der Waals surface area contributed by atoms with Crippen molar-refractivity contribution < 1.29 is 13.2 Å². The van der Waals surface area contributed by atoms with Gasteiger partial charge in [0.1, 0.15) is 5.71 Å². The molecule has 0 saturated heterocycles. The van der Waals surface area contributed by atoms with Gasteiger partial charge in [-0.3, -0.25) is 4.99 Å². The van der Waals surface area contributed by atoms with Crippen LogP contribution in [0.1, 0.15) is 32.6 Å². The van der Waals surface area contributed by atoms with Gasteiger partial charge in [0.25, 0.3) is 0 Å². The van der Waals surface area contributed by atoms with Crippen LogP contribution in [0.3, 0.4) is 0 Å². The van der Waals surface area contributed by atoms with Crippen LogP contribution in [-0.4, -0.2) is 17.9 Å². The average molecular weight is 205 g/mol. The molecule has 1 unspecified atom stereocenters. The van der Waals surface area contributed by atoms with E-state index in [9.17, 15) is 13.2 Å². The van der Waals surface area contributed by atoms with Crippen molar-refractivity contribution in [2.45, 2.75) is 44.8 Å². The second kappa shape index (κ2) is 4.62. The van der Waals surface area contributed by atoms with Crippen molar-refractivity contribution in [2.75, 3.05) is 0 Å². The van der Waals surface area contributed by atoms with Gasteiger partial charge in [-0.15, -0.1) is 0 Å². The van der Waals surface area contributed by atoms with Crippen LogP contribution < -0.4 is 0 Å². The standard InChI is InChI=1S/C10H14F3N/c1-2-3-5-8-6-4-7-9(14-8)10(11,12)13/h4,7-8H,2-3,5-6H2,1H3. The molecule has 0 aliphatic carbocycles. The van der Waals surface area contributed by atoms with Crippen LogP contribution in [0.15, 0.2) is 17.1 Å². The summed E-state index contributed by atoms with van der Waals surface area (Å²) in [5.41, 5.74) is -0.732. The SMILES string of the molecule is CCCCC1CC=CC(C(F)(F)F)=N1. The predicted molar refractivity (Wildman–Crippen MR) is 50.6 cm³/mol. The highest BCUT2D eigenvalue weighted by Crippen LogP contribution is 2.23. The van der Waals surface area contributed by atoms with Crippen molar-refractivity contribution in [1.82, 2.24) is 0 Å². The lowest BCUT2D eigenvalue weighted by Gasteiger charge is -2.17. The number of hydrogen-bond donors (Lipinski definition) is 0. The Labute approximate surface area is 81.7 Å². The minimum absolute atomic E-state index is 0.170. The molecule has 0 spiro atoms. The summed E-state index contributed by atoms with van der Waals surface area (Å²) in [6, 6.07) is -0.170. The molecule has 1 aliphatic rings. The van der Waals surface area contributed by atoms with Crippen LogP contribution in [0, 0.1) is 0 Å². The second-order valence-corrected chi connectivity index (χ2v) is 3.45. The van der Waals surface area contributed by atoms with E-state index in [-0.39, 0.29) is 6.04 Å². The maximum atomic E-state index is 12.3. The first kappa shape index (κ1) is 11.3. The molecule has 1 rings (SSSR count). The Morgan fingerprint density at radius 2 is 2.21 bits per heavy atom. The summed E-state index contributed by atoms with van der Waals surface area (Å²) in [6.45, 7) is 2.02. The number of allylic oxidation sites excluding steroid dienone is 1. The minimum atomic E-state index is -4.29. The van der Waals surface area contributed by atoms with E-state index in [1.54, 1.807) is 6.08 Å². The third-order valence-corrected chi connectivity index (χ3v) is 2.19. The highest BCUT2D eigenvalue weighted by atomic mass is 19.4. The fourth-order valence-electron chi connectivity index (χ4n) is 1.42. The van der Waals surface area contributed by atoms with Gasteiger partial charge in [0, 0.05) is 0 Å². The van der Waals surface area contributed by atoms with E-state index in [0.29, 0.717) is 6.42 Å². The van der Waals surface area contributed by atoms with Gasteiger partial charge in [0.2, 0.25) is 0 Å². The lowest BCUT2D eigenvalue weighted by atomic mass is 10.0. The summed E-state index contributed by atoms with van der Waals surface area (Å²) in [4.78, 5) is 3.70. The third-order valence-electron chi connectivity index (χ3n) is 2.19. The molecule has 0 bridgehead atoms. The topological polar surface area (TPSA) is 12.4 Å². The van der Waals surface area contributed by atoms with Crippen LogP contribution in [0.25, 0.3) is 0 Å². The van der Waals surface area contributed by atoms with Gasteiger partial charge in [-0.2, -0.15) is 13.2 Å². The molecule has 1 atom stereocenters. The zero-order chi connectivity index (χ0) is 10.6. The van der Waals surface area contributed by atoms with Crippen LogP contribution >= 0.6 is 0 Å². The van der Waals surface area contributed by atoms with Crippen molar-refractivity contribution in [1.29, 1.82) is 0 Å². The maximum Gasteiger partial charge on any atom is 0.432 e. The Bertz CT molecular complexity index is 240. The van der Waals surface area contributed by atoms with Gasteiger partial charge in [0.05, 0.1) is 6.04 Å². The first-order valence-corrected chi connectivity index (χ1v) is 4.85. The van der Waals surface area contributed by atoms with Crippen molar-refractivity contribution in [2.24, 2.45) is 4.99 Å². The van der Waals surface area contributed by atoms with E-state index in [1.807, 2.05) is 6.92 Å². The average Bonchev–Trinajstić information content (AvgIpc) is 2.14. The molecule has 1 heterocycles. The molecule has 0 saturated carbocycles. The summed E-state index contributed by atoms with van der Waals surface area (Å²) in [5, 5.41) is 0. The van der Waals surface area contributed by atoms with E-state index in [4.69, 9.17) is 0 Å². The van der Waals surface area contributed by atoms with E-state index in [0.717, 1.165) is 25.3 Å². The number of nitrogens with zero attached hydrogens (tertiary/aromatic N) is 1. The van der Waals surface area contributed by atoms with Crippen molar-refractivity contribution >= 4 is 5.71 Å². The van der Waals surface area contributed by atoms with Crippen molar-refractivity contribution in [3.63, 3.8) is 0 Å². The summed E-state index contributed by atoms with van der Waals surface area (Å²) in [5.74, 6) is 0. The molecule has 1 aliphatic heterocycles.